The van der Waals surface area contributed by atoms with Gasteiger partial charge in [0.1, 0.15) is 0 Å². The van der Waals surface area contributed by atoms with E-state index in [0.717, 1.165) is 68.4 Å². The normalized spacial score (nSPS) is 22.4. The third kappa shape index (κ3) is 8.17. The first kappa shape index (κ1) is 35.6. The summed E-state index contributed by atoms with van der Waals surface area (Å²) in [5.74, 6) is -0.199. The lowest BCUT2D eigenvalue weighted by Crippen LogP contribution is -2.53. The number of nitrogens with one attached hydrogen (secondary N) is 3. The predicted octanol–water partition coefficient (Wildman–Crippen LogP) is 5.40. The van der Waals surface area contributed by atoms with E-state index >= 15 is 0 Å². The molecule has 1 unspecified atom stereocenters. The molecular formula is C39H46ClN5O5S. The van der Waals surface area contributed by atoms with Gasteiger partial charge in [-0.25, -0.2) is 8.42 Å². The highest BCUT2D eigenvalue weighted by atomic mass is 35.5. The van der Waals surface area contributed by atoms with Crippen LogP contribution in [0.3, 0.4) is 0 Å². The second-order valence-electron chi connectivity index (χ2n) is 14.7. The monoisotopic (exact) mass is 731 g/mol. The molecule has 4 heterocycles. The summed E-state index contributed by atoms with van der Waals surface area (Å²) in [6.45, 7) is 5.22. The minimum absolute atomic E-state index is 0.0743. The fourth-order valence-electron chi connectivity index (χ4n) is 8.32. The number of halogens is 1. The van der Waals surface area contributed by atoms with E-state index in [1.807, 2.05) is 24.3 Å². The molecule has 3 N–H and O–H groups in total. The van der Waals surface area contributed by atoms with Crippen molar-refractivity contribution in [3.05, 3.63) is 87.9 Å². The highest BCUT2D eigenvalue weighted by Gasteiger charge is 2.47. The van der Waals surface area contributed by atoms with E-state index in [2.05, 4.69) is 52.0 Å². The number of likely N-dealkylation sites (tertiary alicyclic amines) is 1. The van der Waals surface area contributed by atoms with Crippen molar-refractivity contribution in [2.75, 3.05) is 37.2 Å². The summed E-state index contributed by atoms with van der Waals surface area (Å²) in [5, 5.41) is 9.17. The van der Waals surface area contributed by atoms with Crippen LogP contribution in [0.4, 0.5) is 5.69 Å². The van der Waals surface area contributed by atoms with Crippen LogP contribution in [0.15, 0.2) is 60.7 Å². The van der Waals surface area contributed by atoms with Gasteiger partial charge in [0.15, 0.2) is 0 Å². The molecule has 2 bridgehead atoms. The largest absolute Gasteiger partial charge is 0.352 e. The van der Waals surface area contributed by atoms with Crippen LogP contribution >= 0.6 is 11.6 Å². The highest BCUT2D eigenvalue weighted by molar-refractivity contribution is 7.89. The van der Waals surface area contributed by atoms with Crippen LogP contribution in [0.5, 0.6) is 0 Å². The van der Waals surface area contributed by atoms with Gasteiger partial charge >= 0.3 is 0 Å². The van der Waals surface area contributed by atoms with Crippen molar-refractivity contribution in [3.63, 3.8) is 0 Å². The number of aryl methyl sites for hydroxylation is 1. The van der Waals surface area contributed by atoms with Crippen LogP contribution in [-0.2, 0) is 21.2 Å². The molecule has 3 atom stereocenters. The summed E-state index contributed by atoms with van der Waals surface area (Å²) in [5.41, 5.74) is 5.80. The summed E-state index contributed by atoms with van der Waals surface area (Å²) in [7, 11) is -3.44. The number of rotatable bonds is 11. The molecule has 51 heavy (non-hydrogen) atoms. The summed E-state index contributed by atoms with van der Waals surface area (Å²) in [6.07, 6.45) is 5.50. The lowest BCUT2D eigenvalue weighted by molar-refractivity contribution is -0.115. The molecular weight excluding hydrogens is 686 g/mol. The molecule has 0 radical (unpaired) electrons. The Morgan fingerprint density at radius 2 is 1.55 bits per heavy atom. The van der Waals surface area contributed by atoms with E-state index in [1.165, 1.54) is 5.56 Å². The maximum absolute atomic E-state index is 13.8. The molecule has 3 amide bonds. The number of anilines is 1. The molecule has 10 nitrogen and oxygen atoms in total. The summed E-state index contributed by atoms with van der Waals surface area (Å²) in [6, 6.07) is 19.0. The van der Waals surface area contributed by atoms with Gasteiger partial charge in [0, 0.05) is 35.9 Å². The Labute approximate surface area is 305 Å². The first-order chi connectivity index (χ1) is 24.5. The van der Waals surface area contributed by atoms with Gasteiger partial charge in [0.25, 0.3) is 11.8 Å². The zero-order valence-corrected chi connectivity index (χ0v) is 30.6. The van der Waals surface area contributed by atoms with Crippen molar-refractivity contribution in [2.45, 2.75) is 76.4 Å². The Kier molecular flexibility index (Phi) is 10.5. The Balaban J connectivity index is 0.826. The van der Waals surface area contributed by atoms with Crippen molar-refractivity contribution >= 4 is 45.0 Å². The number of amides is 3. The minimum Gasteiger partial charge on any atom is -0.352 e. The van der Waals surface area contributed by atoms with Crippen molar-refractivity contribution in [2.24, 2.45) is 5.92 Å². The van der Waals surface area contributed by atoms with Gasteiger partial charge in [-0.05, 0) is 118 Å². The summed E-state index contributed by atoms with van der Waals surface area (Å²) >= 11 is 6.39. The molecule has 3 aromatic rings. The van der Waals surface area contributed by atoms with Gasteiger partial charge in [-0.3, -0.25) is 14.4 Å². The number of sulfonamides is 1. The van der Waals surface area contributed by atoms with E-state index in [0.29, 0.717) is 36.2 Å². The van der Waals surface area contributed by atoms with Gasteiger partial charge < -0.3 is 20.9 Å². The molecule has 3 aromatic carbocycles. The number of hydrogen-bond acceptors (Lipinski definition) is 6. The number of carbonyl (C=O) groups excluding carboxylic acids is 3. The predicted molar refractivity (Wildman–Crippen MR) is 199 cm³/mol. The number of fused-ring (bicyclic) bond motifs is 3. The van der Waals surface area contributed by atoms with Crippen molar-refractivity contribution in [3.8, 4) is 11.1 Å². The van der Waals surface area contributed by atoms with Crippen LogP contribution in [0.25, 0.3) is 11.1 Å². The lowest BCUT2D eigenvalue weighted by atomic mass is 9.98. The number of piperidine rings is 2. The van der Waals surface area contributed by atoms with E-state index in [4.69, 9.17) is 11.6 Å². The van der Waals surface area contributed by atoms with Gasteiger partial charge in [-0.2, -0.15) is 4.31 Å². The third-order valence-corrected chi connectivity index (χ3v) is 13.5. The molecule has 7 rings (SSSR count). The SMILES string of the molecule is Cc1ccc(-c2ccc(C(=O)NCCCN3CCC(CS(=O)(=O)N4[C@@H]5CC[C@H]4CC(NC(=O)c4cc6c(cc4Cl)NC(=O)C6)C5)CC3)cc2)cc1. The lowest BCUT2D eigenvalue weighted by Gasteiger charge is -2.39. The fourth-order valence-corrected chi connectivity index (χ4v) is 11.0. The Morgan fingerprint density at radius 1 is 0.902 bits per heavy atom. The smallest absolute Gasteiger partial charge is 0.253 e. The molecule has 12 heteroatoms. The minimum atomic E-state index is -3.44. The maximum Gasteiger partial charge on any atom is 0.253 e. The number of benzene rings is 3. The van der Waals surface area contributed by atoms with Gasteiger partial charge in [0.2, 0.25) is 15.9 Å². The molecule has 0 aromatic heterocycles. The average molecular weight is 732 g/mol. The molecule has 4 aliphatic rings. The van der Waals surface area contributed by atoms with Crippen LogP contribution in [0, 0.1) is 12.8 Å². The molecule has 0 saturated carbocycles. The van der Waals surface area contributed by atoms with Gasteiger partial charge in [-0.15, -0.1) is 0 Å². The zero-order valence-electron chi connectivity index (χ0n) is 29.0. The second-order valence-corrected chi connectivity index (χ2v) is 17.0. The first-order valence-corrected chi connectivity index (χ1v) is 20.1. The van der Waals surface area contributed by atoms with Crippen molar-refractivity contribution < 1.29 is 22.8 Å². The average Bonchev–Trinajstić information content (AvgIpc) is 3.62. The molecule has 4 aliphatic heterocycles. The number of hydrogen-bond donors (Lipinski definition) is 3. The molecule has 3 fully saturated rings. The Bertz CT molecular complexity index is 1880. The number of nitrogens with zero attached hydrogens (tertiary/aromatic N) is 2. The van der Waals surface area contributed by atoms with Crippen LogP contribution in [0.2, 0.25) is 5.02 Å². The van der Waals surface area contributed by atoms with Crippen molar-refractivity contribution in [1.82, 2.24) is 19.8 Å². The second kappa shape index (κ2) is 15.1. The van der Waals surface area contributed by atoms with E-state index in [1.54, 1.807) is 16.4 Å². The standard InChI is InChI=1S/C39H46ClN5O5S/c1-25-3-5-27(6-4-25)28-7-9-29(10-8-28)38(47)41-15-2-16-44-17-13-26(14-18-44)24-51(49,50)45-32-11-12-33(45)22-31(21-32)42-39(48)34-19-30-20-37(46)43-36(30)23-35(34)40/h3-10,19,23,26,31-33H,2,11-18,20-22,24H2,1H3,(H,41,47)(H,42,48)(H,43,46)/t31?,32-,33+. The quantitative estimate of drug-likeness (QED) is 0.227. The maximum atomic E-state index is 13.8. The molecule has 0 spiro atoms. The molecule has 270 valence electrons. The Morgan fingerprint density at radius 3 is 2.22 bits per heavy atom. The first-order valence-electron chi connectivity index (χ1n) is 18.1. The van der Waals surface area contributed by atoms with E-state index in [9.17, 15) is 22.8 Å². The van der Waals surface area contributed by atoms with Crippen LogP contribution in [0.1, 0.15) is 76.8 Å². The Hall–Kier alpha value is -3.77. The molecule has 0 aliphatic carbocycles. The zero-order chi connectivity index (χ0) is 35.7. The van der Waals surface area contributed by atoms with E-state index in [-0.39, 0.29) is 59.0 Å². The summed E-state index contributed by atoms with van der Waals surface area (Å²) < 4.78 is 29.3. The van der Waals surface area contributed by atoms with Gasteiger partial charge in [0.05, 0.1) is 22.8 Å². The van der Waals surface area contributed by atoms with E-state index < -0.39 is 10.0 Å². The van der Waals surface area contributed by atoms with Crippen LogP contribution in [-0.4, -0.2) is 85.4 Å². The third-order valence-electron chi connectivity index (χ3n) is 11.0. The summed E-state index contributed by atoms with van der Waals surface area (Å²) in [4.78, 5) is 40.0. The van der Waals surface area contributed by atoms with Crippen molar-refractivity contribution in [1.29, 1.82) is 0 Å². The molecule has 3 saturated heterocycles. The topological polar surface area (TPSA) is 128 Å². The fraction of sp³-hybridized carbons (Fsp3) is 0.462. The number of carbonyl (C=O) groups is 3. The van der Waals surface area contributed by atoms with Crippen LogP contribution < -0.4 is 16.0 Å². The highest BCUT2D eigenvalue weighted by Crippen LogP contribution is 2.39. The van der Waals surface area contributed by atoms with Gasteiger partial charge in [-0.1, -0.05) is 53.6 Å².